The largest absolute Gasteiger partial charge is 0.383 e. The Morgan fingerprint density at radius 2 is 2.12 bits per heavy atom. The second-order valence-corrected chi connectivity index (χ2v) is 7.03. The number of ether oxygens (including phenoxy) is 2. The molecule has 1 aromatic carbocycles. The van der Waals surface area contributed by atoms with Crippen LogP contribution in [-0.4, -0.2) is 54.3 Å². The lowest BCUT2D eigenvalue weighted by molar-refractivity contribution is -0.0755. The Labute approximate surface area is 152 Å². The van der Waals surface area contributed by atoms with E-state index in [1.807, 2.05) is 18.2 Å². The molecule has 1 aromatic heterocycles. The molecular formula is C20H23N3O3. The van der Waals surface area contributed by atoms with Crippen LogP contribution in [0.5, 0.6) is 0 Å². The van der Waals surface area contributed by atoms with E-state index in [0.717, 1.165) is 6.42 Å². The van der Waals surface area contributed by atoms with Crippen molar-refractivity contribution in [2.24, 2.45) is 0 Å². The van der Waals surface area contributed by atoms with E-state index in [-0.39, 0.29) is 17.8 Å². The summed E-state index contributed by atoms with van der Waals surface area (Å²) in [6, 6.07) is 13.8. The first-order valence-electron chi connectivity index (χ1n) is 8.84. The summed E-state index contributed by atoms with van der Waals surface area (Å²) in [7, 11) is 1.68. The molecule has 2 aromatic rings. The van der Waals surface area contributed by atoms with Gasteiger partial charge in [-0.05, 0) is 24.1 Å². The first-order valence-corrected chi connectivity index (χ1v) is 8.84. The van der Waals surface area contributed by atoms with Crippen molar-refractivity contribution < 1.29 is 14.3 Å². The van der Waals surface area contributed by atoms with Gasteiger partial charge in [-0.25, -0.2) is 4.98 Å². The van der Waals surface area contributed by atoms with Crippen molar-refractivity contribution in [2.45, 2.75) is 24.0 Å². The molecule has 0 unspecified atom stereocenters. The molecule has 26 heavy (non-hydrogen) atoms. The summed E-state index contributed by atoms with van der Waals surface area (Å²) in [5, 5.41) is 0. The van der Waals surface area contributed by atoms with E-state index in [4.69, 9.17) is 15.2 Å². The Bertz CT molecular complexity index is 798. The van der Waals surface area contributed by atoms with E-state index < -0.39 is 5.60 Å². The monoisotopic (exact) mass is 353 g/mol. The third-order valence-electron chi connectivity index (χ3n) is 5.51. The second kappa shape index (κ2) is 6.70. The van der Waals surface area contributed by atoms with Gasteiger partial charge in [-0.3, -0.25) is 4.79 Å². The number of nitrogens with zero attached hydrogens (tertiary/aromatic N) is 2. The maximum atomic E-state index is 12.9. The van der Waals surface area contributed by atoms with Crippen LogP contribution >= 0.6 is 0 Å². The Morgan fingerprint density at radius 1 is 1.31 bits per heavy atom. The highest BCUT2D eigenvalue weighted by Gasteiger charge is 2.54. The molecule has 3 atom stereocenters. The second-order valence-electron chi connectivity index (χ2n) is 7.03. The SMILES string of the molecule is CO[C@@H]1CN(C(=O)c2cccnc2N)C[C@]12C[C@H](c1ccccc1)CO2. The van der Waals surface area contributed by atoms with Crippen LogP contribution in [0, 0.1) is 0 Å². The number of methoxy groups -OCH3 is 1. The number of amides is 1. The number of carbonyl (C=O) groups is 1. The molecule has 3 heterocycles. The topological polar surface area (TPSA) is 77.7 Å². The molecule has 0 saturated carbocycles. The average Bonchev–Trinajstić information content (AvgIpc) is 3.27. The van der Waals surface area contributed by atoms with Crippen LogP contribution < -0.4 is 5.73 Å². The molecule has 136 valence electrons. The molecule has 2 saturated heterocycles. The van der Waals surface area contributed by atoms with Gasteiger partial charge < -0.3 is 20.1 Å². The minimum absolute atomic E-state index is 0.124. The number of nitrogen functional groups attached to an aromatic ring is 1. The third kappa shape index (κ3) is 2.85. The third-order valence-corrected chi connectivity index (χ3v) is 5.51. The number of benzene rings is 1. The van der Waals surface area contributed by atoms with Gasteiger partial charge in [0.25, 0.3) is 5.91 Å². The Morgan fingerprint density at radius 3 is 2.85 bits per heavy atom. The van der Waals surface area contributed by atoms with Gasteiger partial charge in [-0.2, -0.15) is 0 Å². The number of likely N-dealkylation sites (tertiary alicyclic amines) is 1. The molecule has 1 amide bonds. The molecule has 4 rings (SSSR count). The van der Waals surface area contributed by atoms with Crippen LogP contribution in [0.2, 0.25) is 0 Å². The predicted molar refractivity (Wildman–Crippen MR) is 97.8 cm³/mol. The number of pyridine rings is 1. The molecule has 2 N–H and O–H groups in total. The van der Waals surface area contributed by atoms with Crippen LogP contribution in [0.25, 0.3) is 0 Å². The lowest BCUT2D eigenvalue weighted by atomic mass is 9.87. The molecule has 1 spiro atoms. The molecule has 0 radical (unpaired) electrons. The van der Waals surface area contributed by atoms with Crippen molar-refractivity contribution in [1.82, 2.24) is 9.88 Å². The highest BCUT2D eigenvalue weighted by Crippen LogP contribution is 2.43. The summed E-state index contributed by atoms with van der Waals surface area (Å²) in [5.41, 5.74) is 7.10. The van der Waals surface area contributed by atoms with Gasteiger partial charge in [0.2, 0.25) is 0 Å². The summed E-state index contributed by atoms with van der Waals surface area (Å²) in [6.07, 6.45) is 2.26. The van der Waals surface area contributed by atoms with Gasteiger partial charge >= 0.3 is 0 Å². The lowest BCUT2D eigenvalue weighted by Crippen LogP contribution is -2.42. The van der Waals surface area contributed by atoms with E-state index in [9.17, 15) is 4.79 Å². The van der Waals surface area contributed by atoms with Gasteiger partial charge in [0.05, 0.1) is 25.3 Å². The van der Waals surface area contributed by atoms with Crippen LogP contribution in [0.3, 0.4) is 0 Å². The highest BCUT2D eigenvalue weighted by atomic mass is 16.6. The predicted octanol–water partition coefficient (Wildman–Crippen LogP) is 2.08. The maximum absolute atomic E-state index is 12.9. The van der Waals surface area contributed by atoms with E-state index in [1.54, 1.807) is 30.3 Å². The first-order chi connectivity index (χ1) is 12.6. The number of nitrogens with two attached hydrogens (primary N) is 1. The number of anilines is 1. The van der Waals surface area contributed by atoms with Gasteiger partial charge in [0.15, 0.2) is 0 Å². The van der Waals surface area contributed by atoms with E-state index >= 15 is 0 Å². The summed E-state index contributed by atoms with van der Waals surface area (Å²) in [4.78, 5) is 18.7. The standard InChI is InChI=1S/C20H23N3O3/c1-25-17-11-23(19(24)16-8-5-9-22-18(16)21)13-20(17)10-15(12-26-20)14-6-3-2-4-7-14/h2-9,15,17H,10-13H2,1H3,(H2,21,22)/t15-,17+,20+/m0/s1. The Balaban J connectivity index is 1.55. The summed E-state index contributed by atoms with van der Waals surface area (Å²) < 4.78 is 12.0. The van der Waals surface area contributed by atoms with Gasteiger partial charge in [-0.15, -0.1) is 0 Å². The van der Waals surface area contributed by atoms with Crippen LogP contribution in [-0.2, 0) is 9.47 Å². The molecule has 6 heteroatoms. The highest BCUT2D eigenvalue weighted by molar-refractivity contribution is 5.98. The fraction of sp³-hybridized carbons (Fsp3) is 0.400. The molecule has 2 aliphatic heterocycles. The van der Waals surface area contributed by atoms with Crippen LogP contribution in [0.1, 0.15) is 28.3 Å². The minimum Gasteiger partial charge on any atom is -0.383 e. The summed E-state index contributed by atoms with van der Waals surface area (Å²) in [6.45, 7) is 1.63. The fourth-order valence-electron chi connectivity index (χ4n) is 4.14. The van der Waals surface area contributed by atoms with Crippen molar-refractivity contribution in [3.63, 3.8) is 0 Å². The summed E-state index contributed by atoms with van der Waals surface area (Å²) in [5.74, 6) is 0.440. The van der Waals surface area contributed by atoms with E-state index in [1.165, 1.54) is 5.56 Å². The number of hydrogen-bond donors (Lipinski definition) is 1. The molecular weight excluding hydrogens is 330 g/mol. The normalized spacial score (nSPS) is 28.0. The van der Waals surface area contributed by atoms with Gasteiger partial charge in [-0.1, -0.05) is 30.3 Å². The van der Waals surface area contributed by atoms with Crippen molar-refractivity contribution in [1.29, 1.82) is 0 Å². The van der Waals surface area contributed by atoms with E-state index in [2.05, 4.69) is 17.1 Å². The van der Waals surface area contributed by atoms with Crippen LogP contribution in [0.15, 0.2) is 48.7 Å². The molecule has 2 fully saturated rings. The van der Waals surface area contributed by atoms with Crippen molar-refractivity contribution in [3.8, 4) is 0 Å². The van der Waals surface area contributed by atoms with Crippen LogP contribution in [0.4, 0.5) is 5.82 Å². The number of hydrogen-bond acceptors (Lipinski definition) is 5. The first kappa shape index (κ1) is 17.0. The quantitative estimate of drug-likeness (QED) is 0.914. The molecule has 2 aliphatic rings. The maximum Gasteiger partial charge on any atom is 0.257 e. The number of aromatic nitrogens is 1. The zero-order valence-electron chi connectivity index (χ0n) is 14.8. The van der Waals surface area contributed by atoms with E-state index in [0.29, 0.717) is 31.2 Å². The molecule has 0 bridgehead atoms. The smallest absolute Gasteiger partial charge is 0.257 e. The van der Waals surface area contributed by atoms with Crippen molar-refractivity contribution in [2.75, 3.05) is 32.5 Å². The Hall–Kier alpha value is -2.44. The van der Waals surface area contributed by atoms with Crippen molar-refractivity contribution >= 4 is 11.7 Å². The Kier molecular flexibility index (Phi) is 4.38. The van der Waals surface area contributed by atoms with Gasteiger partial charge in [0.1, 0.15) is 17.5 Å². The summed E-state index contributed by atoms with van der Waals surface area (Å²) >= 11 is 0. The molecule has 0 aliphatic carbocycles. The van der Waals surface area contributed by atoms with Crippen molar-refractivity contribution in [3.05, 3.63) is 59.8 Å². The number of rotatable bonds is 3. The molecule has 6 nitrogen and oxygen atoms in total. The van der Waals surface area contributed by atoms with Gasteiger partial charge in [0, 0.05) is 19.2 Å². The lowest BCUT2D eigenvalue weighted by Gasteiger charge is -2.28. The number of carbonyl (C=O) groups excluding carboxylic acids is 1. The average molecular weight is 353 g/mol. The fourth-order valence-corrected chi connectivity index (χ4v) is 4.14. The zero-order valence-corrected chi connectivity index (χ0v) is 14.8. The minimum atomic E-state index is -0.470. The zero-order chi connectivity index (χ0) is 18.1.